The quantitative estimate of drug-likeness (QED) is 0.736. The highest BCUT2D eigenvalue weighted by Gasteiger charge is 2.21. The van der Waals surface area contributed by atoms with E-state index in [4.69, 9.17) is 5.73 Å². The van der Waals surface area contributed by atoms with Gasteiger partial charge in [-0.05, 0) is 17.4 Å². The van der Waals surface area contributed by atoms with E-state index in [1.807, 2.05) is 0 Å². The third-order valence-electron chi connectivity index (χ3n) is 1.55. The number of alkyl halides is 2. The van der Waals surface area contributed by atoms with Gasteiger partial charge in [0.2, 0.25) is 5.92 Å². The Balaban J connectivity index is 2.54. The zero-order chi connectivity index (χ0) is 9.90. The highest BCUT2D eigenvalue weighted by molar-refractivity contribution is 4.78. The number of hydrogen-bond acceptors (Lipinski definition) is 4. The molecule has 0 saturated carbocycles. The van der Waals surface area contributed by atoms with Crippen LogP contribution in [0.15, 0.2) is 0 Å². The van der Waals surface area contributed by atoms with Gasteiger partial charge >= 0.3 is 0 Å². The number of aromatic nitrogens is 4. The van der Waals surface area contributed by atoms with E-state index in [0.29, 0.717) is 5.82 Å². The van der Waals surface area contributed by atoms with E-state index < -0.39 is 5.92 Å². The summed E-state index contributed by atoms with van der Waals surface area (Å²) >= 11 is 0. The van der Waals surface area contributed by atoms with Gasteiger partial charge in [-0.1, -0.05) is 0 Å². The lowest BCUT2D eigenvalue weighted by molar-refractivity contribution is 0.00745. The van der Waals surface area contributed by atoms with E-state index in [1.165, 1.54) is 4.68 Å². The first-order valence-electron chi connectivity index (χ1n) is 3.86. The van der Waals surface area contributed by atoms with Gasteiger partial charge in [-0.2, -0.15) is 0 Å². The fraction of sp³-hybridized carbons (Fsp3) is 0.833. The molecule has 1 rings (SSSR count). The van der Waals surface area contributed by atoms with Crippen molar-refractivity contribution in [3.63, 3.8) is 0 Å². The molecular formula is C6H11F2N5. The number of tetrazole rings is 1. The summed E-state index contributed by atoms with van der Waals surface area (Å²) in [5, 5.41) is 10.4. The van der Waals surface area contributed by atoms with Gasteiger partial charge < -0.3 is 5.73 Å². The zero-order valence-corrected chi connectivity index (χ0v) is 7.24. The number of aryl methyl sites for hydroxylation is 1. The normalized spacial score (nSPS) is 12.0. The second kappa shape index (κ2) is 3.73. The molecule has 1 aromatic heterocycles. The summed E-state index contributed by atoms with van der Waals surface area (Å²) < 4.78 is 26.2. The minimum Gasteiger partial charge on any atom is -0.324 e. The van der Waals surface area contributed by atoms with Crippen molar-refractivity contribution >= 4 is 0 Å². The van der Waals surface area contributed by atoms with Crippen LogP contribution in [0.25, 0.3) is 0 Å². The van der Waals surface area contributed by atoms with Crippen molar-refractivity contribution in [1.29, 1.82) is 0 Å². The molecule has 7 heteroatoms. The Morgan fingerprint density at radius 2 is 2.23 bits per heavy atom. The summed E-state index contributed by atoms with van der Waals surface area (Å²) in [5.74, 6) is -2.28. The molecule has 0 amide bonds. The van der Waals surface area contributed by atoms with Gasteiger partial charge in [0.25, 0.3) is 0 Å². The molecule has 0 saturated heterocycles. The van der Waals surface area contributed by atoms with Crippen molar-refractivity contribution < 1.29 is 8.78 Å². The molecule has 5 nitrogen and oxygen atoms in total. The van der Waals surface area contributed by atoms with Crippen molar-refractivity contribution in [2.75, 3.05) is 0 Å². The summed E-state index contributed by atoms with van der Waals surface area (Å²) in [6.45, 7) is 1.10. The molecular weight excluding hydrogens is 180 g/mol. The molecule has 0 bridgehead atoms. The molecule has 2 N–H and O–H groups in total. The van der Waals surface area contributed by atoms with Crippen molar-refractivity contribution in [2.24, 2.45) is 5.73 Å². The van der Waals surface area contributed by atoms with Gasteiger partial charge in [-0.25, -0.2) is 13.5 Å². The molecule has 0 aliphatic heterocycles. The Morgan fingerprint density at radius 3 is 2.77 bits per heavy atom. The molecule has 1 aromatic rings. The summed E-state index contributed by atoms with van der Waals surface area (Å²) in [6, 6.07) is 0. The maximum Gasteiger partial charge on any atom is 0.247 e. The number of hydrogen-bond donors (Lipinski definition) is 1. The molecule has 0 radical (unpaired) electrons. The van der Waals surface area contributed by atoms with Crippen LogP contribution in [0.1, 0.15) is 19.2 Å². The fourth-order valence-electron chi connectivity index (χ4n) is 0.845. The third-order valence-corrected chi connectivity index (χ3v) is 1.55. The molecule has 0 aromatic carbocycles. The lowest BCUT2D eigenvalue weighted by atomic mass is 10.3. The van der Waals surface area contributed by atoms with Crippen LogP contribution in [-0.2, 0) is 13.1 Å². The Morgan fingerprint density at radius 1 is 1.54 bits per heavy atom. The lowest BCUT2D eigenvalue weighted by Gasteiger charge is -2.09. The molecule has 74 valence electrons. The number of halogens is 2. The summed E-state index contributed by atoms with van der Waals surface area (Å²) in [7, 11) is 0. The van der Waals surface area contributed by atoms with E-state index in [1.54, 1.807) is 0 Å². The molecule has 1 heterocycles. The first-order valence-corrected chi connectivity index (χ1v) is 3.86. The Labute approximate surface area is 73.9 Å². The summed E-state index contributed by atoms with van der Waals surface area (Å²) in [4.78, 5) is 0. The topological polar surface area (TPSA) is 69.6 Å². The third kappa shape index (κ3) is 3.02. The molecule has 0 aliphatic carbocycles. The second-order valence-electron chi connectivity index (χ2n) is 2.84. The number of nitrogens with two attached hydrogens (primary N) is 1. The van der Waals surface area contributed by atoms with Crippen LogP contribution < -0.4 is 5.73 Å². The number of nitrogens with zero attached hydrogens (tertiary/aromatic N) is 4. The molecule has 0 fully saturated rings. The van der Waals surface area contributed by atoms with Crippen LogP contribution in [0.3, 0.4) is 0 Å². The maximum absolute atomic E-state index is 12.4. The van der Waals surface area contributed by atoms with Crippen molar-refractivity contribution in [3.05, 3.63) is 5.82 Å². The van der Waals surface area contributed by atoms with Gasteiger partial charge in [0, 0.05) is 6.42 Å². The summed E-state index contributed by atoms with van der Waals surface area (Å²) in [5.41, 5.74) is 5.28. The van der Waals surface area contributed by atoms with Gasteiger partial charge in [-0.3, -0.25) is 0 Å². The largest absolute Gasteiger partial charge is 0.324 e. The van der Waals surface area contributed by atoms with Gasteiger partial charge in [-0.15, -0.1) is 5.10 Å². The SMILES string of the molecule is CC(F)(F)CCn1nnnc1CN. The zero-order valence-electron chi connectivity index (χ0n) is 7.24. The standard InChI is InChI=1S/C6H11F2N5/c1-6(7,8)2-3-13-5(4-9)10-11-12-13/h2-4,9H2,1H3. The van der Waals surface area contributed by atoms with Crippen LogP contribution in [0.2, 0.25) is 0 Å². The monoisotopic (exact) mass is 191 g/mol. The first-order chi connectivity index (χ1) is 6.03. The minimum absolute atomic E-state index is 0.0863. The molecule has 0 spiro atoms. The highest BCUT2D eigenvalue weighted by atomic mass is 19.3. The molecule has 0 atom stereocenters. The van der Waals surface area contributed by atoms with Crippen LogP contribution in [0, 0.1) is 0 Å². The fourth-order valence-corrected chi connectivity index (χ4v) is 0.845. The van der Waals surface area contributed by atoms with E-state index in [9.17, 15) is 8.78 Å². The smallest absolute Gasteiger partial charge is 0.247 e. The van der Waals surface area contributed by atoms with E-state index in [2.05, 4.69) is 15.5 Å². The van der Waals surface area contributed by atoms with Gasteiger partial charge in [0.15, 0.2) is 5.82 Å². The van der Waals surface area contributed by atoms with Gasteiger partial charge in [0.05, 0.1) is 13.1 Å². The van der Waals surface area contributed by atoms with E-state index in [-0.39, 0.29) is 19.5 Å². The van der Waals surface area contributed by atoms with E-state index >= 15 is 0 Å². The lowest BCUT2D eigenvalue weighted by Crippen LogP contribution is -2.17. The molecule has 0 aliphatic rings. The van der Waals surface area contributed by atoms with Crippen LogP contribution in [0.4, 0.5) is 8.78 Å². The van der Waals surface area contributed by atoms with Crippen molar-refractivity contribution in [1.82, 2.24) is 20.2 Å². The predicted molar refractivity (Wildman–Crippen MR) is 40.9 cm³/mol. The Hall–Kier alpha value is -1.11. The average Bonchev–Trinajstić information content (AvgIpc) is 2.46. The predicted octanol–water partition coefficient (Wildman–Crippen LogP) is 0.177. The minimum atomic E-state index is -2.70. The van der Waals surface area contributed by atoms with Crippen molar-refractivity contribution in [3.8, 4) is 0 Å². The van der Waals surface area contributed by atoms with Crippen LogP contribution in [-0.4, -0.2) is 26.1 Å². The Bertz CT molecular complexity index is 266. The van der Waals surface area contributed by atoms with Crippen molar-refractivity contribution in [2.45, 2.75) is 32.4 Å². The highest BCUT2D eigenvalue weighted by Crippen LogP contribution is 2.17. The van der Waals surface area contributed by atoms with Crippen LogP contribution in [0.5, 0.6) is 0 Å². The molecule has 13 heavy (non-hydrogen) atoms. The average molecular weight is 191 g/mol. The second-order valence-corrected chi connectivity index (χ2v) is 2.84. The van der Waals surface area contributed by atoms with Crippen LogP contribution >= 0.6 is 0 Å². The first kappa shape index (κ1) is 9.97. The van der Waals surface area contributed by atoms with Gasteiger partial charge in [0.1, 0.15) is 0 Å². The Kier molecular flexibility index (Phi) is 2.86. The van der Waals surface area contributed by atoms with E-state index in [0.717, 1.165) is 6.92 Å². The maximum atomic E-state index is 12.4. The number of rotatable bonds is 4. The molecule has 0 unspecified atom stereocenters. The summed E-state index contributed by atoms with van der Waals surface area (Å²) in [6.07, 6.45) is -0.287.